The lowest BCUT2D eigenvalue weighted by Crippen LogP contribution is -2.42. The Labute approximate surface area is 135 Å². The van der Waals surface area contributed by atoms with Gasteiger partial charge in [-0.05, 0) is 19.8 Å². The van der Waals surface area contributed by atoms with Crippen LogP contribution in [-0.4, -0.2) is 61.0 Å². The van der Waals surface area contributed by atoms with Crippen molar-refractivity contribution in [1.82, 2.24) is 14.4 Å². The van der Waals surface area contributed by atoms with Crippen molar-refractivity contribution in [3.63, 3.8) is 0 Å². The smallest absolute Gasteiger partial charge is 0.307 e. The highest BCUT2D eigenvalue weighted by molar-refractivity contribution is 7.89. The van der Waals surface area contributed by atoms with E-state index >= 15 is 0 Å². The lowest BCUT2D eigenvalue weighted by atomic mass is 10.0. The number of aryl methyl sites for hydroxylation is 1. The Hall–Kier alpha value is -1.87. The molecule has 1 aliphatic heterocycles. The molecule has 2 rings (SSSR count). The molecule has 0 saturated carbocycles. The van der Waals surface area contributed by atoms with E-state index in [1.54, 1.807) is 32.1 Å². The van der Waals surface area contributed by atoms with Gasteiger partial charge in [-0.3, -0.25) is 4.79 Å². The van der Waals surface area contributed by atoms with Crippen molar-refractivity contribution in [3.8, 4) is 0 Å². The fourth-order valence-corrected chi connectivity index (χ4v) is 4.28. The number of hydrogen-bond acceptors (Lipinski definition) is 6. The number of aliphatic carboxylic acids is 1. The third kappa shape index (κ3) is 3.73. The van der Waals surface area contributed by atoms with E-state index in [0.29, 0.717) is 19.4 Å². The lowest BCUT2D eigenvalue weighted by molar-refractivity contribution is -0.142. The number of hydrogen-bond donors (Lipinski definition) is 1. The molecule has 0 aliphatic carbocycles. The normalized spacial score (nSPS) is 20.0. The first-order chi connectivity index (χ1) is 10.7. The average Bonchev–Trinajstić information content (AvgIpc) is 2.87. The number of nitrogens with zero attached hydrogens (tertiary/aromatic N) is 3. The predicted octanol–water partition coefficient (Wildman–Crippen LogP) is 1.00. The van der Waals surface area contributed by atoms with Crippen molar-refractivity contribution in [1.29, 1.82) is 0 Å². The summed E-state index contributed by atoms with van der Waals surface area (Å²) in [7, 11) is -0.247. The Morgan fingerprint density at radius 2 is 2.17 bits per heavy atom. The van der Waals surface area contributed by atoms with E-state index in [2.05, 4.69) is 5.16 Å². The molecule has 128 valence electrons. The van der Waals surface area contributed by atoms with Crippen molar-refractivity contribution in [2.24, 2.45) is 5.92 Å². The maximum absolute atomic E-state index is 12.9. The predicted molar refractivity (Wildman–Crippen MR) is 83.1 cm³/mol. The van der Waals surface area contributed by atoms with Gasteiger partial charge in [-0.2, -0.15) is 4.31 Å². The first kappa shape index (κ1) is 17.5. The Bertz CT molecular complexity index is 708. The molecule has 1 aliphatic rings. The molecule has 1 atom stereocenters. The number of sulfonamides is 1. The Morgan fingerprint density at radius 1 is 1.48 bits per heavy atom. The topological polar surface area (TPSA) is 104 Å². The molecule has 0 aromatic carbocycles. The van der Waals surface area contributed by atoms with Crippen LogP contribution in [0.3, 0.4) is 0 Å². The summed E-state index contributed by atoms with van der Waals surface area (Å²) in [4.78, 5) is 12.9. The van der Waals surface area contributed by atoms with E-state index in [0.717, 1.165) is 0 Å². The minimum atomic E-state index is -3.85. The molecule has 0 bridgehead atoms. The van der Waals surface area contributed by atoms with Crippen LogP contribution in [0.25, 0.3) is 6.08 Å². The number of piperidine rings is 1. The summed E-state index contributed by atoms with van der Waals surface area (Å²) in [6.45, 7) is 1.83. The zero-order valence-electron chi connectivity index (χ0n) is 13.4. The molecular weight excluding hydrogens is 322 g/mol. The Balaban J connectivity index is 2.36. The highest BCUT2D eigenvalue weighted by atomic mass is 32.2. The fourth-order valence-electron chi connectivity index (χ4n) is 2.51. The van der Waals surface area contributed by atoms with Crippen LogP contribution in [-0.2, 0) is 14.8 Å². The molecule has 1 fully saturated rings. The summed E-state index contributed by atoms with van der Waals surface area (Å²) < 4.78 is 32.1. The first-order valence-corrected chi connectivity index (χ1v) is 8.71. The van der Waals surface area contributed by atoms with E-state index in [1.807, 2.05) is 0 Å². The third-order valence-corrected chi connectivity index (χ3v) is 5.71. The highest BCUT2D eigenvalue weighted by Gasteiger charge is 2.36. The van der Waals surface area contributed by atoms with E-state index in [1.165, 1.54) is 10.4 Å². The van der Waals surface area contributed by atoms with E-state index < -0.39 is 21.9 Å². The van der Waals surface area contributed by atoms with Crippen LogP contribution in [0.15, 0.2) is 15.6 Å². The highest BCUT2D eigenvalue weighted by Crippen LogP contribution is 2.28. The van der Waals surface area contributed by atoms with Gasteiger partial charge in [-0.25, -0.2) is 8.42 Å². The van der Waals surface area contributed by atoms with E-state index in [9.17, 15) is 13.2 Å². The number of rotatable bonds is 5. The number of carboxylic acid groups (broad SMARTS) is 1. The summed E-state index contributed by atoms with van der Waals surface area (Å²) in [5.74, 6) is -1.51. The van der Waals surface area contributed by atoms with Gasteiger partial charge in [-0.15, -0.1) is 0 Å². The van der Waals surface area contributed by atoms with Gasteiger partial charge in [0.15, 0.2) is 10.7 Å². The third-order valence-electron chi connectivity index (χ3n) is 3.69. The van der Waals surface area contributed by atoms with Crippen LogP contribution in [0.1, 0.15) is 24.3 Å². The van der Waals surface area contributed by atoms with E-state index in [-0.39, 0.29) is 22.9 Å². The minimum absolute atomic E-state index is 0.00152. The van der Waals surface area contributed by atoms with Gasteiger partial charge < -0.3 is 14.5 Å². The quantitative estimate of drug-likeness (QED) is 0.850. The van der Waals surface area contributed by atoms with Gasteiger partial charge in [0.05, 0.1) is 5.92 Å². The van der Waals surface area contributed by atoms with Crippen molar-refractivity contribution in [2.75, 3.05) is 27.2 Å². The second-order valence-corrected chi connectivity index (χ2v) is 7.66. The lowest BCUT2D eigenvalue weighted by Gasteiger charge is -2.29. The van der Waals surface area contributed by atoms with Gasteiger partial charge >= 0.3 is 5.97 Å². The van der Waals surface area contributed by atoms with Gasteiger partial charge in [-0.1, -0.05) is 5.16 Å². The minimum Gasteiger partial charge on any atom is -0.481 e. The number of aromatic nitrogens is 1. The molecule has 9 heteroatoms. The van der Waals surface area contributed by atoms with Crippen LogP contribution >= 0.6 is 0 Å². The summed E-state index contributed by atoms with van der Waals surface area (Å²) in [6, 6.07) is 0. The van der Waals surface area contributed by atoms with Crippen LogP contribution < -0.4 is 0 Å². The number of carbonyl (C=O) groups is 1. The molecule has 1 aromatic rings. The van der Waals surface area contributed by atoms with Gasteiger partial charge in [0.1, 0.15) is 5.69 Å². The molecule has 1 unspecified atom stereocenters. The fraction of sp³-hybridized carbons (Fsp3) is 0.571. The molecule has 0 amide bonds. The SMILES string of the molecule is Cc1noc(/C=C/N(C)C)c1S(=O)(=O)N1CCCC(C(=O)O)C1. The maximum atomic E-state index is 12.9. The zero-order valence-corrected chi connectivity index (χ0v) is 14.2. The standard InChI is InChI=1S/C14H21N3O5S/c1-10-13(12(22-15-10)6-8-16(2)3)23(20,21)17-7-4-5-11(9-17)14(18)19/h6,8,11H,4-5,7,9H2,1-3H3,(H,18,19)/b8-6+. The summed E-state index contributed by atoms with van der Waals surface area (Å²) in [5, 5.41) is 12.9. The van der Waals surface area contributed by atoms with Crippen molar-refractivity contribution in [3.05, 3.63) is 17.7 Å². The summed E-state index contributed by atoms with van der Waals surface area (Å²) in [5.41, 5.74) is 0.265. The van der Waals surface area contributed by atoms with Crippen LogP contribution in [0.2, 0.25) is 0 Å². The average molecular weight is 343 g/mol. The van der Waals surface area contributed by atoms with Crippen molar-refractivity contribution >= 4 is 22.1 Å². The summed E-state index contributed by atoms with van der Waals surface area (Å²) >= 11 is 0. The second kappa shape index (κ2) is 6.71. The summed E-state index contributed by atoms with van der Waals surface area (Å²) in [6.07, 6.45) is 4.20. The first-order valence-electron chi connectivity index (χ1n) is 7.27. The molecule has 0 spiro atoms. The molecule has 2 heterocycles. The largest absolute Gasteiger partial charge is 0.481 e. The Morgan fingerprint density at radius 3 is 2.78 bits per heavy atom. The molecule has 1 saturated heterocycles. The second-order valence-electron chi connectivity index (χ2n) is 5.78. The molecule has 8 nitrogen and oxygen atoms in total. The van der Waals surface area contributed by atoms with Crippen LogP contribution in [0.5, 0.6) is 0 Å². The number of carboxylic acids is 1. The van der Waals surface area contributed by atoms with Gasteiger partial charge in [0.25, 0.3) is 0 Å². The van der Waals surface area contributed by atoms with Crippen molar-refractivity contribution < 1.29 is 22.8 Å². The molecule has 0 radical (unpaired) electrons. The molecular formula is C14H21N3O5S. The van der Waals surface area contributed by atoms with E-state index in [4.69, 9.17) is 9.63 Å². The zero-order chi connectivity index (χ0) is 17.2. The van der Waals surface area contributed by atoms with Crippen LogP contribution in [0, 0.1) is 12.8 Å². The molecule has 1 aromatic heterocycles. The monoisotopic (exact) mass is 343 g/mol. The maximum Gasteiger partial charge on any atom is 0.307 e. The van der Waals surface area contributed by atoms with Gasteiger partial charge in [0, 0.05) is 39.5 Å². The van der Waals surface area contributed by atoms with Crippen molar-refractivity contribution in [2.45, 2.75) is 24.7 Å². The van der Waals surface area contributed by atoms with Crippen LogP contribution in [0.4, 0.5) is 0 Å². The Kier molecular flexibility index (Phi) is 5.10. The molecule has 1 N–H and O–H groups in total. The van der Waals surface area contributed by atoms with Gasteiger partial charge in [0.2, 0.25) is 10.0 Å². The molecule has 23 heavy (non-hydrogen) atoms.